The molecule has 0 bridgehead atoms. The van der Waals surface area contributed by atoms with E-state index in [0.29, 0.717) is 6.42 Å². The molecule has 0 N–H and O–H groups in total. The minimum absolute atomic E-state index is 0.116. The van der Waals surface area contributed by atoms with E-state index in [1.165, 1.54) is 16.7 Å². The second-order valence-corrected chi connectivity index (χ2v) is 10.8. The quantitative estimate of drug-likeness (QED) is 0.250. The van der Waals surface area contributed by atoms with Crippen LogP contribution in [0.3, 0.4) is 0 Å². The van der Waals surface area contributed by atoms with Gasteiger partial charge in [-0.25, -0.2) is 0 Å². The van der Waals surface area contributed by atoms with E-state index < -0.39 is 17.4 Å². The van der Waals surface area contributed by atoms with Gasteiger partial charge in [-0.3, -0.25) is 9.59 Å². The van der Waals surface area contributed by atoms with Gasteiger partial charge in [-0.05, 0) is 60.9 Å². The number of allylic oxidation sites excluding steroid dienone is 4. The van der Waals surface area contributed by atoms with E-state index in [4.69, 9.17) is 9.47 Å². The number of hydrogen-bond donors (Lipinski definition) is 0. The summed E-state index contributed by atoms with van der Waals surface area (Å²) in [6.45, 7) is 6.77. The van der Waals surface area contributed by atoms with Crippen molar-refractivity contribution in [1.82, 2.24) is 0 Å². The molecule has 1 saturated carbocycles. The van der Waals surface area contributed by atoms with Crippen molar-refractivity contribution in [3.63, 3.8) is 0 Å². The van der Waals surface area contributed by atoms with Crippen molar-refractivity contribution in [3.05, 3.63) is 130 Å². The minimum Gasteiger partial charge on any atom is -0.460 e. The second-order valence-electron chi connectivity index (χ2n) is 10.8. The van der Waals surface area contributed by atoms with Crippen LogP contribution in [-0.2, 0) is 37.7 Å². The first-order valence-electron chi connectivity index (χ1n) is 13.2. The van der Waals surface area contributed by atoms with Gasteiger partial charge in [-0.1, -0.05) is 109 Å². The Bertz CT molecular complexity index is 1330. The number of esters is 2. The molecule has 1 fully saturated rings. The van der Waals surface area contributed by atoms with Gasteiger partial charge in [0, 0.05) is 5.41 Å². The second kappa shape index (κ2) is 10.4. The fourth-order valence-electron chi connectivity index (χ4n) is 5.97. The highest BCUT2D eigenvalue weighted by molar-refractivity contribution is 6.02. The fourth-order valence-corrected chi connectivity index (χ4v) is 5.97. The van der Waals surface area contributed by atoms with E-state index in [2.05, 4.69) is 45.0 Å². The average Bonchev–Trinajstić information content (AvgIpc) is 3.38. The van der Waals surface area contributed by atoms with E-state index in [1.54, 1.807) is 0 Å². The summed E-state index contributed by atoms with van der Waals surface area (Å²) >= 11 is 0. The lowest BCUT2D eigenvalue weighted by atomic mass is 9.66. The highest BCUT2D eigenvalue weighted by Crippen LogP contribution is 2.56. The van der Waals surface area contributed by atoms with E-state index in [1.807, 2.05) is 66.7 Å². The Morgan fingerprint density at radius 1 is 0.658 bits per heavy atom. The van der Waals surface area contributed by atoms with E-state index in [9.17, 15) is 9.59 Å². The van der Waals surface area contributed by atoms with Gasteiger partial charge < -0.3 is 9.47 Å². The predicted molar refractivity (Wildman–Crippen MR) is 148 cm³/mol. The number of carbonyl (C=O) groups excluding carboxylic acids is 2. The molecule has 3 aromatic rings. The van der Waals surface area contributed by atoms with E-state index in [0.717, 1.165) is 28.7 Å². The zero-order chi connectivity index (χ0) is 26.8. The molecule has 4 nitrogen and oxygen atoms in total. The van der Waals surface area contributed by atoms with Gasteiger partial charge in [0.25, 0.3) is 0 Å². The van der Waals surface area contributed by atoms with Crippen molar-refractivity contribution in [2.75, 3.05) is 0 Å². The van der Waals surface area contributed by atoms with Gasteiger partial charge >= 0.3 is 11.9 Å². The summed E-state index contributed by atoms with van der Waals surface area (Å²) < 4.78 is 11.6. The Morgan fingerprint density at radius 2 is 1.11 bits per heavy atom. The molecule has 0 amide bonds. The van der Waals surface area contributed by atoms with Gasteiger partial charge in [-0.2, -0.15) is 0 Å². The SMILES string of the molecule is CC1=C2CC(C(=O)OCc3ccccc3)(C(=O)OCc3ccccc3)CC2=C(C)C(C)(c2ccccc2)C1. The van der Waals surface area contributed by atoms with Crippen molar-refractivity contribution in [3.8, 4) is 0 Å². The molecule has 0 radical (unpaired) electrons. The van der Waals surface area contributed by atoms with Crippen LogP contribution in [0.5, 0.6) is 0 Å². The molecule has 2 aliphatic rings. The van der Waals surface area contributed by atoms with Crippen LogP contribution in [0.1, 0.15) is 56.7 Å². The Hall–Kier alpha value is -3.92. The van der Waals surface area contributed by atoms with Crippen molar-refractivity contribution >= 4 is 11.9 Å². The van der Waals surface area contributed by atoms with E-state index >= 15 is 0 Å². The van der Waals surface area contributed by atoms with Crippen LogP contribution in [-0.4, -0.2) is 11.9 Å². The largest absolute Gasteiger partial charge is 0.460 e. The molecule has 2 aliphatic carbocycles. The molecule has 0 aromatic heterocycles. The summed E-state index contributed by atoms with van der Waals surface area (Å²) in [5, 5.41) is 0. The molecular weight excluding hydrogens is 472 g/mol. The maximum atomic E-state index is 13.8. The van der Waals surface area contributed by atoms with Crippen molar-refractivity contribution in [2.24, 2.45) is 5.41 Å². The maximum Gasteiger partial charge on any atom is 0.324 e. The zero-order valence-corrected chi connectivity index (χ0v) is 22.3. The topological polar surface area (TPSA) is 52.6 Å². The number of benzene rings is 3. The summed E-state index contributed by atoms with van der Waals surface area (Å²) in [6, 6.07) is 29.6. The molecule has 0 spiro atoms. The minimum atomic E-state index is -1.40. The predicted octanol–water partition coefficient (Wildman–Crippen LogP) is 7.25. The van der Waals surface area contributed by atoms with E-state index in [-0.39, 0.29) is 25.0 Å². The first-order chi connectivity index (χ1) is 18.3. The Balaban J connectivity index is 1.49. The van der Waals surface area contributed by atoms with Gasteiger partial charge in [-0.15, -0.1) is 0 Å². The van der Waals surface area contributed by atoms with Crippen LogP contribution >= 0.6 is 0 Å². The molecule has 0 aliphatic heterocycles. The van der Waals surface area contributed by atoms with Crippen molar-refractivity contribution < 1.29 is 19.1 Å². The summed E-state index contributed by atoms with van der Waals surface area (Å²) in [6.07, 6.45) is 1.43. The van der Waals surface area contributed by atoms with Crippen LogP contribution in [0.2, 0.25) is 0 Å². The summed E-state index contributed by atoms with van der Waals surface area (Å²) in [5.74, 6) is -1.04. The third kappa shape index (κ3) is 4.71. The summed E-state index contributed by atoms with van der Waals surface area (Å²) in [5.41, 5.74) is 6.00. The molecule has 0 saturated heterocycles. The molecular formula is C34H34O4. The van der Waals surface area contributed by atoms with Crippen LogP contribution in [0.15, 0.2) is 113 Å². The number of rotatable bonds is 7. The Labute approximate surface area is 225 Å². The standard InChI is InChI=1S/C34H34O4/c1-24-19-33(3,28-17-11-6-12-18-28)25(2)30-21-34(20-29(24)30,31(35)37-22-26-13-7-4-8-14-26)32(36)38-23-27-15-9-5-10-16-27/h4-18H,19-23H2,1-3H3. The molecule has 1 unspecified atom stereocenters. The van der Waals surface area contributed by atoms with Gasteiger partial charge in [0.2, 0.25) is 0 Å². The summed E-state index contributed by atoms with van der Waals surface area (Å²) in [7, 11) is 0. The lowest BCUT2D eigenvalue weighted by molar-refractivity contribution is -0.173. The van der Waals surface area contributed by atoms with Gasteiger partial charge in [0.1, 0.15) is 13.2 Å². The number of fused-ring (bicyclic) bond motifs is 1. The van der Waals surface area contributed by atoms with Crippen LogP contribution in [0.25, 0.3) is 0 Å². The smallest absolute Gasteiger partial charge is 0.324 e. The highest BCUT2D eigenvalue weighted by Gasteiger charge is 2.56. The molecule has 1 atom stereocenters. The molecule has 3 aromatic carbocycles. The van der Waals surface area contributed by atoms with Crippen molar-refractivity contribution in [1.29, 1.82) is 0 Å². The molecule has 4 heteroatoms. The third-order valence-electron chi connectivity index (χ3n) is 8.35. The fraction of sp³-hybridized carbons (Fsp3) is 0.294. The Morgan fingerprint density at radius 3 is 1.61 bits per heavy atom. The average molecular weight is 507 g/mol. The normalized spacial score (nSPS) is 20.2. The lowest BCUT2D eigenvalue weighted by Crippen LogP contribution is -2.39. The maximum absolute atomic E-state index is 13.8. The highest BCUT2D eigenvalue weighted by atomic mass is 16.6. The first-order valence-corrected chi connectivity index (χ1v) is 13.2. The number of carbonyl (C=O) groups is 2. The number of ether oxygens (including phenoxy) is 2. The number of hydrogen-bond acceptors (Lipinski definition) is 4. The molecule has 194 valence electrons. The summed E-state index contributed by atoms with van der Waals surface area (Å²) in [4.78, 5) is 27.6. The van der Waals surface area contributed by atoms with Crippen LogP contribution in [0, 0.1) is 5.41 Å². The van der Waals surface area contributed by atoms with Crippen molar-refractivity contribution in [2.45, 2.75) is 58.7 Å². The monoisotopic (exact) mass is 506 g/mol. The zero-order valence-electron chi connectivity index (χ0n) is 22.3. The van der Waals surface area contributed by atoms with Gasteiger partial charge in [0.05, 0.1) is 0 Å². The van der Waals surface area contributed by atoms with Crippen LogP contribution in [0.4, 0.5) is 0 Å². The first kappa shape index (κ1) is 25.7. The van der Waals surface area contributed by atoms with Gasteiger partial charge in [0.15, 0.2) is 5.41 Å². The Kier molecular flexibility index (Phi) is 7.07. The molecule has 0 heterocycles. The van der Waals surface area contributed by atoms with Crippen LogP contribution < -0.4 is 0 Å². The molecule has 38 heavy (non-hydrogen) atoms. The lowest BCUT2D eigenvalue weighted by Gasteiger charge is -2.38. The third-order valence-corrected chi connectivity index (χ3v) is 8.35. The molecule has 5 rings (SSSR count).